The van der Waals surface area contributed by atoms with Crippen molar-refractivity contribution in [1.82, 2.24) is 4.98 Å². The minimum absolute atomic E-state index is 0.468. The van der Waals surface area contributed by atoms with E-state index in [0.29, 0.717) is 6.54 Å². The van der Waals surface area contributed by atoms with E-state index < -0.39 is 0 Å². The van der Waals surface area contributed by atoms with E-state index in [1.54, 1.807) is 0 Å². The van der Waals surface area contributed by atoms with Crippen LogP contribution in [0.15, 0.2) is 24.9 Å². The van der Waals surface area contributed by atoms with Crippen LogP contribution in [0.2, 0.25) is 0 Å². The number of hydrogen-bond acceptors (Lipinski definition) is 2. The van der Waals surface area contributed by atoms with Crippen molar-refractivity contribution >= 4 is 5.57 Å². The second-order valence-corrected chi connectivity index (χ2v) is 2.53. The lowest BCUT2D eigenvalue weighted by Gasteiger charge is -2.00. The highest BCUT2D eigenvalue weighted by Gasteiger charge is 1.95. The fourth-order valence-electron chi connectivity index (χ4n) is 0.782. The average molecular weight is 148 g/mol. The first kappa shape index (κ1) is 7.95. The van der Waals surface area contributed by atoms with Crippen molar-refractivity contribution in [2.24, 2.45) is 5.73 Å². The molecule has 0 atom stereocenters. The molecule has 0 spiro atoms. The molecule has 2 nitrogen and oxygen atoms in total. The van der Waals surface area contributed by atoms with Gasteiger partial charge in [-0.25, -0.2) is 0 Å². The predicted molar refractivity (Wildman–Crippen MR) is 47.1 cm³/mol. The summed E-state index contributed by atoms with van der Waals surface area (Å²) in [6.07, 6.45) is 1.82. The molecule has 0 fully saturated rings. The van der Waals surface area contributed by atoms with Gasteiger partial charge >= 0.3 is 0 Å². The molecule has 0 saturated heterocycles. The van der Waals surface area contributed by atoms with Crippen molar-refractivity contribution < 1.29 is 0 Å². The van der Waals surface area contributed by atoms with Gasteiger partial charge in [-0.2, -0.15) is 0 Å². The Balaban J connectivity index is 2.90. The van der Waals surface area contributed by atoms with E-state index in [-0.39, 0.29) is 0 Å². The van der Waals surface area contributed by atoms with Gasteiger partial charge in [0.15, 0.2) is 0 Å². The Kier molecular flexibility index (Phi) is 2.39. The molecule has 2 N–H and O–H groups in total. The smallest absolute Gasteiger partial charge is 0.0668 e. The third kappa shape index (κ3) is 1.88. The first-order valence-corrected chi connectivity index (χ1v) is 3.55. The molecule has 58 valence electrons. The van der Waals surface area contributed by atoms with Crippen molar-refractivity contribution in [2.45, 2.75) is 6.92 Å². The third-order valence-corrected chi connectivity index (χ3v) is 1.52. The lowest BCUT2D eigenvalue weighted by molar-refractivity contribution is 1.18. The molecule has 0 unspecified atom stereocenters. The Morgan fingerprint density at radius 1 is 1.64 bits per heavy atom. The van der Waals surface area contributed by atoms with Crippen LogP contribution in [0.5, 0.6) is 0 Å². The molecule has 0 aliphatic rings. The van der Waals surface area contributed by atoms with Crippen molar-refractivity contribution in [3.8, 4) is 0 Å². The van der Waals surface area contributed by atoms with Crippen LogP contribution in [-0.4, -0.2) is 11.5 Å². The zero-order chi connectivity index (χ0) is 8.27. The predicted octanol–water partition coefficient (Wildman–Crippen LogP) is 1.36. The number of rotatable bonds is 2. The highest BCUT2D eigenvalue weighted by atomic mass is 14.7. The van der Waals surface area contributed by atoms with E-state index in [1.807, 2.05) is 25.3 Å². The van der Waals surface area contributed by atoms with Crippen molar-refractivity contribution in [2.75, 3.05) is 6.54 Å². The normalized spacial score (nSPS) is 9.64. The zero-order valence-electron chi connectivity index (χ0n) is 6.67. The first-order valence-electron chi connectivity index (χ1n) is 3.55. The first-order chi connectivity index (χ1) is 5.24. The van der Waals surface area contributed by atoms with Gasteiger partial charge in [-0.15, -0.1) is 0 Å². The maximum Gasteiger partial charge on any atom is 0.0668 e. The second-order valence-electron chi connectivity index (χ2n) is 2.53. The quantitative estimate of drug-likeness (QED) is 0.687. The highest BCUT2D eigenvalue weighted by Crippen LogP contribution is 2.07. The molecule has 11 heavy (non-hydrogen) atoms. The minimum Gasteiger partial charge on any atom is -0.326 e. The van der Waals surface area contributed by atoms with Gasteiger partial charge in [0, 0.05) is 12.7 Å². The van der Waals surface area contributed by atoms with E-state index in [9.17, 15) is 0 Å². The lowest BCUT2D eigenvalue weighted by atomic mass is 10.2. The van der Waals surface area contributed by atoms with Gasteiger partial charge in [0.05, 0.1) is 5.69 Å². The summed E-state index contributed by atoms with van der Waals surface area (Å²) in [4.78, 5) is 4.17. The fourth-order valence-corrected chi connectivity index (χ4v) is 0.782. The topological polar surface area (TPSA) is 38.9 Å². The van der Waals surface area contributed by atoms with Gasteiger partial charge in [0.2, 0.25) is 0 Å². The molecule has 1 rings (SSSR count). The zero-order valence-corrected chi connectivity index (χ0v) is 6.67. The Morgan fingerprint density at radius 2 is 2.36 bits per heavy atom. The molecule has 1 heterocycles. The standard InChI is InChI=1S/C9H12N2/c1-7-3-4-9(11-6-7)8(2)5-10/h3-4,6H,2,5,10H2,1H3. The second kappa shape index (κ2) is 3.30. The summed E-state index contributed by atoms with van der Waals surface area (Å²) in [6.45, 7) is 6.26. The third-order valence-electron chi connectivity index (χ3n) is 1.52. The molecule has 0 aliphatic heterocycles. The van der Waals surface area contributed by atoms with Gasteiger partial charge in [0.25, 0.3) is 0 Å². The number of hydrogen-bond donors (Lipinski definition) is 1. The molecule has 2 heteroatoms. The van der Waals surface area contributed by atoms with E-state index in [0.717, 1.165) is 16.8 Å². The summed E-state index contributed by atoms with van der Waals surface area (Å²) in [5, 5.41) is 0. The van der Waals surface area contributed by atoms with Crippen LogP contribution in [-0.2, 0) is 0 Å². The Hall–Kier alpha value is -1.15. The van der Waals surface area contributed by atoms with E-state index in [2.05, 4.69) is 11.6 Å². The molecule has 0 amide bonds. The van der Waals surface area contributed by atoms with Crippen molar-refractivity contribution in [3.05, 3.63) is 36.2 Å². The summed E-state index contributed by atoms with van der Waals surface area (Å²) >= 11 is 0. The van der Waals surface area contributed by atoms with Crippen LogP contribution in [0.25, 0.3) is 5.57 Å². The summed E-state index contributed by atoms with van der Waals surface area (Å²) in [6, 6.07) is 3.94. The van der Waals surface area contributed by atoms with Gasteiger partial charge in [0.1, 0.15) is 0 Å². The Morgan fingerprint density at radius 3 is 2.82 bits per heavy atom. The molecule has 0 saturated carbocycles. The lowest BCUT2D eigenvalue weighted by Crippen LogP contribution is -2.02. The molecular weight excluding hydrogens is 136 g/mol. The molecule has 0 aliphatic carbocycles. The Bertz CT molecular complexity index is 249. The highest BCUT2D eigenvalue weighted by molar-refractivity contribution is 5.61. The molecule has 1 aromatic rings. The van der Waals surface area contributed by atoms with Gasteiger partial charge < -0.3 is 5.73 Å². The molecule has 0 bridgehead atoms. The largest absolute Gasteiger partial charge is 0.326 e. The van der Waals surface area contributed by atoms with E-state index in [4.69, 9.17) is 5.73 Å². The number of nitrogens with two attached hydrogens (primary N) is 1. The number of aryl methyl sites for hydroxylation is 1. The molecule has 0 aromatic carbocycles. The van der Waals surface area contributed by atoms with Gasteiger partial charge in [-0.05, 0) is 24.1 Å². The number of pyridine rings is 1. The summed E-state index contributed by atoms with van der Waals surface area (Å²) in [5.41, 5.74) is 8.32. The molecular formula is C9H12N2. The van der Waals surface area contributed by atoms with Crippen LogP contribution in [0.3, 0.4) is 0 Å². The monoisotopic (exact) mass is 148 g/mol. The number of nitrogens with zero attached hydrogens (tertiary/aromatic N) is 1. The van der Waals surface area contributed by atoms with Crippen LogP contribution in [0.4, 0.5) is 0 Å². The molecule has 0 radical (unpaired) electrons. The summed E-state index contributed by atoms with van der Waals surface area (Å²) in [5.74, 6) is 0. The van der Waals surface area contributed by atoms with Crippen LogP contribution >= 0.6 is 0 Å². The summed E-state index contributed by atoms with van der Waals surface area (Å²) in [7, 11) is 0. The van der Waals surface area contributed by atoms with Crippen LogP contribution in [0, 0.1) is 6.92 Å². The maximum absolute atomic E-state index is 5.40. The maximum atomic E-state index is 5.40. The van der Waals surface area contributed by atoms with Gasteiger partial charge in [-0.3, -0.25) is 4.98 Å². The van der Waals surface area contributed by atoms with Gasteiger partial charge in [-0.1, -0.05) is 12.6 Å². The van der Waals surface area contributed by atoms with Crippen LogP contribution < -0.4 is 5.73 Å². The van der Waals surface area contributed by atoms with Crippen LogP contribution in [0.1, 0.15) is 11.3 Å². The minimum atomic E-state index is 0.468. The molecule has 1 aromatic heterocycles. The summed E-state index contributed by atoms with van der Waals surface area (Å²) < 4.78 is 0. The fraction of sp³-hybridized carbons (Fsp3) is 0.222. The number of aromatic nitrogens is 1. The Labute approximate surface area is 66.8 Å². The van der Waals surface area contributed by atoms with Crippen molar-refractivity contribution in [1.29, 1.82) is 0 Å². The van der Waals surface area contributed by atoms with Crippen molar-refractivity contribution in [3.63, 3.8) is 0 Å². The SMILES string of the molecule is C=C(CN)c1ccc(C)cn1. The average Bonchev–Trinajstić information content (AvgIpc) is 2.05. The van der Waals surface area contributed by atoms with E-state index >= 15 is 0 Å². The van der Waals surface area contributed by atoms with E-state index in [1.165, 1.54) is 0 Å².